The van der Waals surface area contributed by atoms with Crippen LogP contribution in [0.5, 0.6) is 11.5 Å². The molecule has 94 valence electrons. The Morgan fingerprint density at radius 2 is 1.89 bits per heavy atom. The van der Waals surface area contributed by atoms with Crippen molar-refractivity contribution in [1.82, 2.24) is 0 Å². The van der Waals surface area contributed by atoms with Crippen LogP contribution in [0, 0.1) is 0 Å². The van der Waals surface area contributed by atoms with Crippen LogP contribution in [-0.2, 0) is 6.42 Å². The van der Waals surface area contributed by atoms with Gasteiger partial charge in [0, 0.05) is 16.3 Å². The molecule has 0 saturated heterocycles. The first-order valence-corrected chi connectivity index (χ1v) is 6.20. The topological polar surface area (TPSA) is 55.5 Å². The van der Waals surface area contributed by atoms with E-state index in [1.54, 1.807) is 0 Å². The molecule has 1 aliphatic rings. The van der Waals surface area contributed by atoms with Crippen LogP contribution in [0.25, 0.3) is 10.8 Å². The molecule has 0 atom stereocenters. The summed E-state index contributed by atoms with van der Waals surface area (Å²) in [6, 6.07) is 7.67. The number of fused-ring (bicyclic) bond motifs is 3. The van der Waals surface area contributed by atoms with E-state index in [0.29, 0.717) is 5.69 Å². The van der Waals surface area contributed by atoms with E-state index in [4.69, 9.17) is 10.5 Å². The van der Waals surface area contributed by atoms with Gasteiger partial charge in [0.15, 0.2) is 0 Å². The Morgan fingerprint density at radius 1 is 1.22 bits per heavy atom. The number of anilines is 1. The second-order valence-corrected chi connectivity index (χ2v) is 5.48. The highest BCUT2D eigenvalue weighted by molar-refractivity contribution is 5.99. The average molecular weight is 243 g/mol. The normalized spacial score (nSPS) is 17.2. The van der Waals surface area contributed by atoms with Gasteiger partial charge in [-0.15, -0.1) is 0 Å². The van der Waals surface area contributed by atoms with Gasteiger partial charge in [-0.2, -0.15) is 0 Å². The third-order valence-corrected chi connectivity index (χ3v) is 3.64. The molecule has 1 aliphatic heterocycles. The summed E-state index contributed by atoms with van der Waals surface area (Å²) in [6.45, 7) is 4.15. The van der Waals surface area contributed by atoms with E-state index in [-0.39, 0.29) is 11.4 Å². The number of ether oxygens (including phenoxy) is 1. The monoisotopic (exact) mass is 243 g/mol. The molecule has 3 N–H and O–H groups in total. The molecule has 0 bridgehead atoms. The Morgan fingerprint density at radius 3 is 2.61 bits per heavy atom. The zero-order valence-electron chi connectivity index (χ0n) is 10.7. The van der Waals surface area contributed by atoms with Gasteiger partial charge in [-0.05, 0) is 26.7 Å². The lowest BCUT2D eigenvalue weighted by molar-refractivity contribution is 0.0870. The van der Waals surface area contributed by atoms with Crippen molar-refractivity contribution >= 4 is 16.5 Å². The lowest BCUT2D eigenvalue weighted by Crippen LogP contribution is -2.33. The molecule has 0 aromatic heterocycles. The highest BCUT2D eigenvalue weighted by Gasteiger charge is 2.30. The maximum atomic E-state index is 10.2. The van der Waals surface area contributed by atoms with Gasteiger partial charge in [-0.1, -0.05) is 24.3 Å². The van der Waals surface area contributed by atoms with Crippen molar-refractivity contribution in [3.8, 4) is 11.5 Å². The minimum atomic E-state index is -0.181. The summed E-state index contributed by atoms with van der Waals surface area (Å²) in [7, 11) is 0. The molecule has 1 heterocycles. The van der Waals surface area contributed by atoms with Gasteiger partial charge in [0.2, 0.25) is 0 Å². The number of nitrogens with two attached hydrogens (primary N) is 1. The summed E-state index contributed by atoms with van der Waals surface area (Å²) in [4.78, 5) is 0. The van der Waals surface area contributed by atoms with Gasteiger partial charge in [-0.3, -0.25) is 0 Å². The Hall–Kier alpha value is -1.90. The average Bonchev–Trinajstić information content (AvgIpc) is 2.35. The van der Waals surface area contributed by atoms with Crippen LogP contribution in [-0.4, -0.2) is 10.7 Å². The predicted octanol–water partition coefficient (Wildman–Crippen LogP) is 3.23. The van der Waals surface area contributed by atoms with E-state index in [1.807, 2.05) is 24.3 Å². The smallest absolute Gasteiger partial charge is 0.146 e. The first-order valence-electron chi connectivity index (χ1n) is 6.20. The maximum Gasteiger partial charge on any atom is 0.146 e. The molecule has 0 unspecified atom stereocenters. The van der Waals surface area contributed by atoms with Crippen LogP contribution >= 0.6 is 0 Å². The molecule has 0 aliphatic carbocycles. The second kappa shape index (κ2) is 3.55. The van der Waals surface area contributed by atoms with Crippen LogP contribution in [0.3, 0.4) is 0 Å². The largest absolute Gasteiger partial charge is 0.505 e. The van der Waals surface area contributed by atoms with E-state index < -0.39 is 0 Å². The van der Waals surface area contributed by atoms with Crippen molar-refractivity contribution in [2.75, 3.05) is 5.73 Å². The van der Waals surface area contributed by atoms with Gasteiger partial charge >= 0.3 is 0 Å². The van der Waals surface area contributed by atoms with Crippen LogP contribution in [0.15, 0.2) is 24.3 Å². The second-order valence-electron chi connectivity index (χ2n) is 5.48. The lowest BCUT2D eigenvalue weighted by Gasteiger charge is -2.34. The minimum absolute atomic E-state index is 0.174. The molecule has 0 saturated carbocycles. The Kier molecular flexibility index (Phi) is 2.21. The number of hydrogen-bond donors (Lipinski definition) is 2. The summed E-state index contributed by atoms with van der Waals surface area (Å²) in [5.74, 6) is 1.00. The standard InChI is InChI=1S/C15H17NO2/c1-15(2)8-7-11-12(16)13(17)9-5-3-4-6-10(9)14(11)18-15/h3-6,17H,7-8,16H2,1-2H3. The van der Waals surface area contributed by atoms with Gasteiger partial charge in [0.1, 0.15) is 17.1 Å². The fraction of sp³-hybridized carbons (Fsp3) is 0.333. The van der Waals surface area contributed by atoms with E-state index in [0.717, 1.165) is 34.9 Å². The van der Waals surface area contributed by atoms with Crippen LogP contribution in [0.2, 0.25) is 0 Å². The molecular formula is C15H17NO2. The van der Waals surface area contributed by atoms with Crippen LogP contribution in [0.1, 0.15) is 25.8 Å². The Balaban J connectivity index is 2.37. The van der Waals surface area contributed by atoms with Crippen molar-refractivity contribution < 1.29 is 9.84 Å². The van der Waals surface area contributed by atoms with Crippen LogP contribution < -0.4 is 10.5 Å². The number of phenolic OH excluding ortho intramolecular Hbond substituents is 1. The third kappa shape index (κ3) is 1.50. The lowest BCUT2D eigenvalue weighted by atomic mass is 9.90. The molecule has 2 aromatic carbocycles. The van der Waals surface area contributed by atoms with E-state index in [9.17, 15) is 5.11 Å². The van der Waals surface area contributed by atoms with Gasteiger partial charge in [0.05, 0.1) is 5.69 Å². The molecule has 0 fully saturated rings. The van der Waals surface area contributed by atoms with Gasteiger partial charge in [-0.25, -0.2) is 0 Å². The highest BCUT2D eigenvalue weighted by atomic mass is 16.5. The molecular weight excluding hydrogens is 226 g/mol. The highest BCUT2D eigenvalue weighted by Crippen LogP contribution is 2.46. The first kappa shape index (κ1) is 11.2. The summed E-state index contributed by atoms with van der Waals surface area (Å²) < 4.78 is 6.08. The number of phenols is 1. The van der Waals surface area contributed by atoms with Crippen molar-refractivity contribution in [2.24, 2.45) is 0 Å². The van der Waals surface area contributed by atoms with Gasteiger partial charge < -0.3 is 15.6 Å². The van der Waals surface area contributed by atoms with Crippen molar-refractivity contribution in [2.45, 2.75) is 32.3 Å². The summed E-state index contributed by atoms with van der Waals surface area (Å²) in [6.07, 6.45) is 1.74. The number of aromatic hydroxyl groups is 1. The first-order chi connectivity index (χ1) is 8.49. The molecule has 3 heteroatoms. The molecule has 3 nitrogen and oxygen atoms in total. The predicted molar refractivity (Wildman–Crippen MR) is 73.1 cm³/mol. The number of nitrogen functional groups attached to an aromatic ring is 1. The van der Waals surface area contributed by atoms with E-state index in [1.165, 1.54) is 0 Å². The van der Waals surface area contributed by atoms with Crippen molar-refractivity contribution in [3.63, 3.8) is 0 Å². The molecule has 0 amide bonds. The summed E-state index contributed by atoms with van der Waals surface area (Å²) in [5, 5.41) is 11.9. The zero-order chi connectivity index (χ0) is 12.9. The van der Waals surface area contributed by atoms with Crippen LogP contribution in [0.4, 0.5) is 5.69 Å². The van der Waals surface area contributed by atoms with E-state index >= 15 is 0 Å². The van der Waals surface area contributed by atoms with Crippen molar-refractivity contribution in [3.05, 3.63) is 29.8 Å². The number of rotatable bonds is 0. The quantitative estimate of drug-likeness (QED) is 0.551. The molecule has 2 aromatic rings. The minimum Gasteiger partial charge on any atom is -0.505 e. The zero-order valence-corrected chi connectivity index (χ0v) is 10.7. The molecule has 0 spiro atoms. The maximum absolute atomic E-state index is 10.2. The fourth-order valence-electron chi connectivity index (χ4n) is 2.58. The van der Waals surface area contributed by atoms with Gasteiger partial charge in [0.25, 0.3) is 0 Å². The number of benzene rings is 2. The Labute approximate surface area is 106 Å². The van der Waals surface area contributed by atoms with E-state index in [2.05, 4.69) is 13.8 Å². The Bertz CT molecular complexity index is 632. The molecule has 3 rings (SSSR count). The van der Waals surface area contributed by atoms with Crippen molar-refractivity contribution in [1.29, 1.82) is 0 Å². The number of hydrogen-bond acceptors (Lipinski definition) is 3. The fourth-order valence-corrected chi connectivity index (χ4v) is 2.58. The summed E-state index contributed by atoms with van der Waals surface area (Å²) in [5.41, 5.74) is 7.24. The SMILES string of the molecule is CC1(C)CCc2c(N)c(O)c3ccccc3c2O1. The third-order valence-electron chi connectivity index (χ3n) is 3.64. The molecule has 18 heavy (non-hydrogen) atoms. The molecule has 0 radical (unpaired) electrons. The summed E-state index contributed by atoms with van der Waals surface area (Å²) >= 11 is 0.